The summed E-state index contributed by atoms with van der Waals surface area (Å²) in [6, 6.07) is 0. The minimum atomic E-state index is -0.970. The SMILES string of the molecule is CCC(C(=O)OC)C1(O)C=CCC1. The molecule has 0 aromatic rings. The molecule has 0 aromatic carbocycles. The van der Waals surface area contributed by atoms with Crippen LogP contribution in [0.15, 0.2) is 12.2 Å². The van der Waals surface area contributed by atoms with E-state index in [2.05, 4.69) is 4.74 Å². The van der Waals surface area contributed by atoms with Gasteiger partial charge in [-0.1, -0.05) is 19.1 Å². The molecule has 1 N–H and O–H groups in total. The minimum absolute atomic E-state index is 0.323. The Balaban J connectivity index is 2.76. The second-order valence-electron chi connectivity index (χ2n) is 3.42. The van der Waals surface area contributed by atoms with Crippen LogP contribution in [0.3, 0.4) is 0 Å². The molecule has 1 aliphatic rings. The monoisotopic (exact) mass is 184 g/mol. The summed E-state index contributed by atoms with van der Waals surface area (Å²) in [5.74, 6) is -0.743. The van der Waals surface area contributed by atoms with E-state index in [-0.39, 0.29) is 5.97 Å². The normalized spacial score (nSPS) is 28.8. The van der Waals surface area contributed by atoms with Gasteiger partial charge in [-0.3, -0.25) is 4.79 Å². The summed E-state index contributed by atoms with van der Waals surface area (Å²) in [7, 11) is 1.35. The average Bonchev–Trinajstić information content (AvgIpc) is 2.53. The van der Waals surface area contributed by atoms with Crippen molar-refractivity contribution in [2.75, 3.05) is 7.11 Å². The van der Waals surface area contributed by atoms with Crippen LogP contribution in [-0.4, -0.2) is 23.8 Å². The number of allylic oxidation sites excluding steroid dienone is 1. The Labute approximate surface area is 78.4 Å². The van der Waals surface area contributed by atoms with Crippen LogP contribution in [0.5, 0.6) is 0 Å². The summed E-state index contributed by atoms with van der Waals surface area (Å²) in [5.41, 5.74) is -0.970. The molecule has 0 amide bonds. The summed E-state index contributed by atoms with van der Waals surface area (Å²) in [6.07, 6.45) is 5.70. The van der Waals surface area contributed by atoms with E-state index in [0.717, 1.165) is 6.42 Å². The number of esters is 1. The lowest BCUT2D eigenvalue weighted by molar-refractivity contribution is -0.153. The number of hydrogen-bond acceptors (Lipinski definition) is 3. The van der Waals surface area contributed by atoms with Gasteiger partial charge in [0.25, 0.3) is 0 Å². The third-order valence-corrected chi connectivity index (χ3v) is 2.62. The Kier molecular flexibility index (Phi) is 3.09. The van der Waals surface area contributed by atoms with Gasteiger partial charge in [-0.15, -0.1) is 0 Å². The molecule has 3 heteroatoms. The molecule has 0 fully saturated rings. The van der Waals surface area contributed by atoms with E-state index < -0.39 is 11.5 Å². The Morgan fingerprint density at radius 2 is 2.46 bits per heavy atom. The first-order chi connectivity index (χ1) is 6.14. The van der Waals surface area contributed by atoms with Crippen LogP contribution >= 0.6 is 0 Å². The third-order valence-electron chi connectivity index (χ3n) is 2.62. The van der Waals surface area contributed by atoms with Gasteiger partial charge in [0, 0.05) is 0 Å². The van der Waals surface area contributed by atoms with Crippen LogP contribution in [0.4, 0.5) is 0 Å². The molecule has 2 atom stereocenters. The van der Waals surface area contributed by atoms with E-state index in [1.165, 1.54) is 7.11 Å². The minimum Gasteiger partial charge on any atom is -0.469 e. The van der Waals surface area contributed by atoms with Crippen molar-refractivity contribution in [2.24, 2.45) is 5.92 Å². The smallest absolute Gasteiger partial charge is 0.311 e. The number of aliphatic hydroxyl groups is 1. The van der Waals surface area contributed by atoms with Gasteiger partial charge in [0.15, 0.2) is 0 Å². The number of hydrogen-bond donors (Lipinski definition) is 1. The van der Waals surface area contributed by atoms with Crippen molar-refractivity contribution < 1.29 is 14.6 Å². The quantitative estimate of drug-likeness (QED) is 0.530. The van der Waals surface area contributed by atoms with Gasteiger partial charge in [0.05, 0.1) is 18.6 Å². The zero-order valence-electron chi connectivity index (χ0n) is 8.12. The van der Waals surface area contributed by atoms with Crippen molar-refractivity contribution >= 4 is 5.97 Å². The second-order valence-corrected chi connectivity index (χ2v) is 3.42. The van der Waals surface area contributed by atoms with Crippen molar-refractivity contribution in [1.82, 2.24) is 0 Å². The van der Waals surface area contributed by atoms with Crippen LogP contribution in [0.2, 0.25) is 0 Å². The zero-order chi connectivity index (χ0) is 9.90. The van der Waals surface area contributed by atoms with Gasteiger partial charge in [0.1, 0.15) is 0 Å². The predicted octanol–water partition coefficient (Wildman–Crippen LogP) is 1.27. The van der Waals surface area contributed by atoms with Crippen molar-refractivity contribution in [2.45, 2.75) is 31.8 Å². The number of ether oxygens (including phenoxy) is 1. The van der Waals surface area contributed by atoms with E-state index in [0.29, 0.717) is 12.8 Å². The highest BCUT2D eigenvalue weighted by atomic mass is 16.5. The number of methoxy groups -OCH3 is 1. The first-order valence-corrected chi connectivity index (χ1v) is 4.62. The van der Waals surface area contributed by atoms with Crippen LogP contribution in [0.1, 0.15) is 26.2 Å². The van der Waals surface area contributed by atoms with Gasteiger partial charge in [0.2, 0.25) is 0 Å². The summed E-state index contributed by atoms with van der Waals surface area (Å²) >= 11 is 0. The number of carbonyl (C=O) groups is 1. The summed E-state index contributed by atoms with van der Waals surface area (Å²) in [4.78, 5) is 11.3. The lowest BCUT2D eigenvalue weighted by Crippen LogP contribution is -2.39. The molecule has 0 saturated heterocycles. The van der Waals surface area contributed by atoms with Crippen LogP contribution in [0, 0.1) is 5.92 Å². The van der Waals surface area contributed by atoms with Gasteiger partial charge in [-0.05, 0) is 19.3 Å². The van der Waals surface area contributed by atoms with Crippen molar-refractivity contribution in [3.05, 3.63) is 12.2 Å². The first kappa shape index (κ1) is 10.3. The molecule has 0 radical (unpaired) electrons. The number of carbonyl (C=O) groups excluding carboxylic acids is 1. The van der Waals surface area contributed by atoms with E-state index in [1.807, 2.05) is 13.0 Å². The Morgan fingerprint density at radius 3 is 2.85 bits per heavy atom. The van der Waals surface area contributed by atoms with Crippen molar-refractivity contribution in [3.63, 3.8) is 0 Å². The maximum Gasteiger partial charge on any atom is 0.311 e. The van der Waals surface area contributed by atoms with Gasteiger partial charge >= 0.3 is 5.97 Å². The van der Waals surface area contributed by atoms with Gasteiger partial charge in [-0.2, -0.15) is 0 Å². The van der Waals surface area contributed by atoms with E-state index >= 15 is 0 Å². The number of rotatable bonds is 3. The average molecular weight is 184 g/mol. The first-order valence-electron chi connectivity index (χ1n) is 4.62. The summed E-state index contributed by atoms with van der Waals surface area (Å²) in [6.45, 7) is 1.88. The fraction of sp³-hybridized carbons (Fsp3) is 0.700. The third kappa shape index (κ3) is 1.91. The van der Waals surface area contributed by atoms with Gasteiger partial charge in [-0.25, -0.2) is 0 Å². The molecule has 0 aromatic heterocycles. The van der Waals surface area contributed by atoms with Gasteiger partial charge < -0.3 is 9.84 Å². The molecule has 0 spiro atoms. The topological polar surface area (TPSA) is 46.5 Å². The zero-order valence-corrected chi connectivity index (χ0v) is 8.12. The standard InChI is InChI=1S/C10H16O3/c1-3-8(9(11)13-2)10(12)6-4-5-7-10/h4,6,8,12H,3,5,7H2,1-2H3. The van der Waals surface area contributed by atoms with E-state index in [1.54, 1.807) is 6.08 Å². The molecule has 0 saturated carbocycles. The fourth-order valence-electron chi connectivity index (χ4n) is 1.84. The molecule has 0 bridgehead atoms. The highest BCUT2D eigenvalue weighted by molar-refractivity contribution is 5.74. The molecule has 0 heterocycles. The maximum absolute atomic E-state index is 11.3. The lowest BCUT2D eigenvalue weighted by Gasteiger charge is -2.28. The molecule has 13 heavy (non-hydrogen) atoms. The van der Waals surface area contributed by atoms with Crippen molar-refractivity contribution in [1.29, 1.82) is 0 Å². The molecule has 0 aliphatic heterocycles. The van der Waals surface area contributed by atoms with Crippen molar-refractivity contribution in [3.8, 4) is 0 Å². The van der Waals surface area contributed by atoms with Crippen LogP contribution < -0.4 is 0 Å². The van der Waals surface area contributed by atoms with E-state index in [4.69, 9.17) is 0 Å². The van der Waals surface area contributed by atoms with Crippen LogP contribution in [0.25, 0.3) is 0 Å². The highest BCUT2D eigenvalue weighted by Gasteiger charge is 2.40. The second kappa shape index (κ2) is 3.92. The molecule has 1 rings (SSSR count). The lowest BCUT2D eigenvalue weighted by atomic mass is 9.85. The maximum atomic E-state index is 11.3. The molecular formula is C10H16O3. The summed E-state index contributed by atoms with van der Waals surface area (Å²) < 4.78 is 4.65. The molecule has 1 aliphatic carbocycles. The largest absolute Gasteiger partial charge is 0.469 e. The van der Waals surface area contributed by atoms with E-state index in [9.17, 15) is 9.90 Å². The Hall–Kier alpha value is -0.830. The molecule has 74 valence electrons. The molecule has 2 unspecified atom stereocenters. The Bertz CT molecular complexity index is 222. The summed E-state index contributed by atoms with van der Waals surface area (Å²) in [5, 5.41) is 10.1. The highest BCUT2D eigenvalue weighted by Crippen LogP contribution is 2.32. The fourth-order valence-corrected chi connectivity index (χ4v) is 1.84. The Morgan fingerprint density at radius 1 is 1.77 bits per heavy atom. The molecule has 3 nitrogen and oxygen atoms in total. The predicted molar refractivity (Wildman–Crippen MR) is 49.1 cm³/mol. The van der Waals surface area contributed by atoms with Crippen LogP contribution in [-0.2, 0) is 9.53 Å². The molecular weight excluding hydrogens is 168 g/mol.